The van der Waals surface area contributed by atoms with Gasteiger partial charge in [-0.3, -0.25) is 4.79 Å². The summed E-state index contributed by atoms with van der Waals surface area (Å²) in [4.78, 5) is 12.1. The molecule has 1 amide bonds. The van der Waals surface area contributed by atoms with Crippen molar-refractivity contribution in [2.75, 3.05) is 36.6 Å². The van der Waals surface area contributed by atoms with E-state index < -0.39 is 0 Å². The van der Waals surface area contributed by atoms with Crippen LogP contribution in [0.1, 0.15) is 6.42 Å². The SMILES string of the molecule is O=C(CSCCOc1ccc(Br)cc1)Nc1ccc2c(c1)OCCCO2. The summed E-state index contributed by atoms with van der Waals surface area (Å²) in [6.07, 6.45) is 0.856. The molecule has 0 bridgehead atoms. The fourth-order valence-corrected chi connectivity index (χ4v) is 3.22. The van der Waals surface area contributed by atoms with Crippen LogP contribution in [0.15, 0.2) is 46.9 Å². The van der Waals surface area contributed by atoms with Gasteiger partial charge in [0.25, 0.3) is 0 Å². The van der Waals surface area contributed by atoms with Gasteiger partial charge in [0, 0.05) is 28.4 Å². The highest BCUT2D eigenvalue weighted by Gasteiger charge is 2.11. The number of amides is 1. The molecule has 5 nitrogen and oxygen atoms in total. The van der Waals surface area contributed by atoms with Gasteiger partial charge < -0.3 is 19.5 Å². The Hall–Kier alpha value is -1.86. The third-order valence-corrected chi connectivity index (χ3v) is 5.02. The van der Waals surface area contributed by atoms with Gasteiger partial charge in [-0.1, -0.05) is 15.9 Å². The largest absolute Gasteiger partial charge is 0.493 e. The molecule has 0 aliphatic carbocycles. The van der Waals surface area contributed by atoms with Crippen LogP contribution in [0.3, 0.4) is 0 Å². The fraction of sp³-hybridized carbons (Fsp3) is 0.316. The zero-order valence-electron chi connectivity index (χ0n) is 14.2. The predicted octanol–water partition coefficient (Wildman–Crippen LogP) is 4.36. The molecule has 138 valence electrons. The van der Waals surface area contributed by atoms with E-state index in [1.807, 2.05) is 36.4 Å². The number of rotatable bonds is 7. The molecule has 0 radical (unpaired) electrons. The van der Waals surface area contributed by atoms with Crippen LogP contribution in [0, 0.1) is 0 Å². The summed E-state index contributed by atoms with van der Waals surface area (Å²) in [6.45, 7) is 1.83. The fourth-order valence-electron chi connectivity index (χ4n) is 2.35. The molecule has 7 heteroatoms. The van der Waals surface area contributed by atoms with Gasteiger partial charge in [-0.15, -0.1) is 11.8 Å². The molecule has 0 aromatic heterocycles. The molecule has 1 heterocycles. The lowest BCUT2D eigenvalue weighted by Gasteiger charge is -2.10. The van der Waals surface area contributed by atoms with Gasteiger partial charge in [-0.2, -0.15) is 0 Å². The molecular formula is C19H20BrNO4S. The zero-order chi connectivity index (χ0) is 18.2. The smallest absolute Gasteiger partial charge is 0.234 e. The summed E-state index contributed by atoms with van der Waals surface area (Å²) >= 11 is 4.92. The van der Waals surface area contributed by atoms with Crippen molar-refractivity contribution in [3.05, 3.63) is 46.9 Å². The number of ether oxygens (including phenoxy) is 3. The zero-order valence-corrected chi connectivity index (χ0v) is 16.6. The average molecular weight is 438 g/mol. The molecule has 1 N–H and O–H groups in total. The van der Waals surface area contributed by atoms with Gasteiger partial charge in [0.2, 0.25) is 5.91 Å². The number of hydrogen-bond acceptors (Lipinski definition) is 5. The van der Waals surface area contributed by atoms with Gasteiger partial charge in [-0.25, -0.2) is 0 Å². The first-order valence-corrected chi connectivity index (χ1v) is 10.3. The van der Waals surface area contributed by atoms with Crippen LogP contribution < -0.4 is 19.5 Å². The molecule has 0 fully saturated rings. The Bertz CT molecular complexity index is 739. The van der Waals surface area contributed by atoms with Crippen LogP contribution >= 0.6 is 27.7 Å². The molecule has 0 unspecified atom stereocenters. The second-order valence-corrected chi connectivity index (χ2v) is 7.64. The van der Waals surface area contributed by atoms with Crippen LogP contribution in [0.5, 0.6) is 17.2 Å². The summed E-state index contributed by atoms with van der Waals surface area (Å²) in [7, 11) is 0. The Morgan fingerprint density at radius 1 is 1.12 bits per heavy atom. The maximum Gasteiger partial charge on any atom is 0.234 e. The first kappa shape index (κ1) is 18.9. The highest BCUT2D eigenvalue weighted by Crippen LogP contribution is 2.32. The molecule has 1 aliphatic heterocycles. The van der Waals surface area contributed by atoms with Gasteiger partial charge >= 0.3 is 0 Å². The summed E-state index contributed by atoms with van der Waals surface area (Å²) < 4.78 is 17.9. The van der Waals surface area contributed by atoms with Crippen molar-refractivity contribution in [1.82, 2.24) is 0 Å². The standard InChI is InChI=1S/C19H20BrNO4S/c20-14-2-5-16(6-3-14)23-10-11-26-13-19(22)21-15-4-7-17-18(12-15)25-9-1-8-24-17/h2-7,12H,1,8-11,13H2,(H,21,22). The topological polar surface area (TPSA) is 56.8 Å². The van der Waals surface area contributed by atoms with E-state index in [-0.39, 0.29) is 5.91 Å². The van der Waals surface area contributed by atoms with Crippen LogP contribution in [-0.2, 0) is 4.79 Å². The maximum atomic E-state index is 12.1. The minimum absolute atomic E-state index is 0.0480. The molecule has 2 aromatic carbocycles. The van der Waals surface area contributed by atoms with E-state index in [1.165, 1.54) is 11.8 Å². The number of hydrogen-bond donors (Lipinski definition) is 1. The third kappa shape index (κ3) is 5.85. The van der Waals surface area contributed by atoms with E-state index in [2.05, 4.69) is 21.2 Å². The van der Waals surface area contributed by atoms with E-state index >= 15 is 0 Å². The normalized spacial score (nSPS) is 13.0. The van der Waals surface area contributed by atoms with Crippen LogP contribution in [-0.4, -0.2) is 37.2 Å². The molecule has 0 spiro atoms. The number of nitrogens with one attached hydrogen (secondary N) is 1. The number of benzene rings is 2. The molecule has 26 heavy (non-hydrogen) atoms. The van der Waals surface area contributed by atoms with E-state index in [9.17, 15) is 4.79 Å². The Morgan fingerprint density at radius 3 is 2.69 bits per heavy atom. The monoisotopic (exact) mass is 437 g/mol. The van der Waals surface area contributed by atoms with Crippen molar-refractivity contribution < 1.29 is 19.0 Å². The van der Waals surface area contributed by atoms with Crippen molar-refractivity contribution in [1.29, 1.82) is 0 Å². The Morgan fingerprint density at radius 2 is 1.88 bits per heavy atom. The predicted molar refractivity (Wildman–Crippen MR) is 108 cm³/mol. The molecule has 3 rings (SSSR count). The molecule has 1 aliphatic rings. The van der Waals surface area contributed by atoms with E-state index in [0.717, 1.165) is 28.1 Å². The highest BCUT2D eigenvalue weighted by molar-refractivity contribution is 9.10. The number of fused-ring (bicyclic) bond motifs is 1. The molecule has 0 saturated heterocycles. The van der Waals surface area contributed by atoms with Crippen molar-refractivity contribution in [2.45, 2.75) is 6.42 Å². The van der Waals surface area contributed by atoms with Gasteiger partial charge in [0.1, 0.15) is 5.75 Å². The maximum absolute atomic E-state index is 12.1. The van der Waals surface area contributed by atoms with Crippen molar-refractivity contribution in [2.24, 2.45) is 0 Å². The molecule has 2 aromatic rings. The summed E-state index contributed by atoms with van der Waals surface area (Å²) in [5.41, 5.74) is 0.714. The second-order valence-electron chi connectivity index (χ2n) is 5.62. The van der Waals surface area contributed by atoms with E-state index in [4.69, 9.17) is 14.2 Å². The van der Waals surface area contributed by atoms with E-state index in [1.54, 1.807) is 6.07 Å². The minimum Gasteiger partial charge on any atom is -0.493 e. The first-order chi connectivity index (χ1) is 12.7. The Labute approximate surface area is 165 Å². The number of anilines is 1. The summed E-state index contributed by atoms with van der Waals surface area (Å²) in [6, 6.07) is 13.1. The second kappa shape index (κ2) is 9.73. The first-order valence-electron chi connectivity index (χ1n) is 8.36. The number of thioether (sulfide) groups is 1. The third-order valence-electron chi connectivity index (χ3n) is 3.57. The van der Waals surface area contributed by atoms with E-state index in [0.29, 0.717) is 37.0 Å². The molecule has 0 atom stereocenters. The van der Waals surface area contributed by atoms with Crippen LogP contribution in [0.4, 0.5) is 5.69 Å². The molecule has 0 saturated carbocycles. The number of carbonyl (C=O) groups excluding carboxylic acids is 1. The summed E-state index contributed by atoms with van der Waals surface area (Å²) in [5.74, 6) is 3.29. The lowest BCUT2D eigenvalue weighted by Crippen LogP contribution is -2.15. The average Bonchev–Trinajstić information content (AvgIpc) is 2.88. The Kier molecular flexibility index (Phi) is 7.08. The number of halogens is 1. The van der Waals surface area contributed by atoms with Crippen molar-refractivity contribution >= 4 is 39.3 Å². The van der Waals surface area contributed by atoms with Crippen molar-refractivity contribution in [3.8, 4) is 17.2 Å². The van der Waals surface area contributed by atoms with Gasteiger partial charge in [-0.05, 0) is 36.4 Å². The quantitative estimate of drug-likeness (QED) is 0.651. The molecular weight excluding hydrogens is 418 g/mol. The van der Waals surface area contributed by atoms with Crippen LogP contribution in [0.2, 0.25) is 0 Å². The van der Waals surface area contributed by atoms with Crippen LogP contribution in [0.25, 0.3) is 0 Å². The lowest BCUT2D eigenvalue weighted by molar-refractivity contribution is -0.113. The minimum atomic E-state index is -0.0480. The van der Waals surface area contributed by atoms with Gasteiger partial charge in [0.15, 0.2) is 11.5 Å². The lowest BCUT2D eigenvalue weighted by atomic mass is 10.2. The van der Waals surface area contributed by atoms with Crippen molar-refractivity contribution in [3.63, 3.8) is 0 Å². The summed E-state index contributed by atoms with van der Waals surface area (Å²) in [5, 5.41) is 2.89. The number of carbonyl (C=O) groups is 1. The van der Waals surface area contributed by atoms with Gasteiger partial charge in [0.05, 0.1) is 25.6 Å². The Balaban J connectivity index is 1.37. The highest BCUT2D eigenvalue weighted by atomic mass is 79.9.